The highest BCUT2D eigenvalue weighted by atomic mass is 19.2. The Morgan fingerprint density at radius 2 is 1.05 bits per heavy atom. The Morgan fingerprint density at radius 3 is 1.78 bits per heavy atom. The Labute approximate surface area is 228 Å². The normalized spacial score (nSPS) is 12.3. The molecule has 5 nitrogen and oxygen atoms in total. The molecule has 0 amide bonds. The third-order valence-corrected chi connectivity index (χ3v) is 6.82. The average molecular weight is 553 g/mol. The van der Waals surface area contributed by atoms with Gasteiger partial charge in [-0.3, -0.25) is 4.98 Å². The predicted octanol–water partition coefficient (Wildman–Crippen LogP) is 8.08. The molecule has 0 atom stereocenters. The second-order valence-electron chi connectivity index (χ2n) is 9.39. The third kappa shape index (κ3) is 4.11. The monoisotopic (exact) mass is 553 g/mol. The number of hydrogen-bond acceptors (Lipinski definition) is 3. The van der Waals surface area contributed by atoms with E-state index in [0.717, 1.165) is 16.6 Å². The molecule has 200 valence electrons. The zero-order chi connectivity index (χ0) is 28.2. The van der Waals surface area contributed by atoms with E-state index in [9.17, 15) is 13.2 Å². The summed E-state index contributed by atoms with van der Waals surface area (Å²) in [5, 5.41) is 0. The highest BCUT2D eigenvalue weighted by molar-refractivity contribution is 5.94. The fourth-order valence-electron chi connectivity index (χ4n) is 4.98. The number of aromatic nitrogens is 5. The molecule has 0 spiro atoms. The lowest BCUT2D eigenvalue weighted by atomic mass is 10.00. The lowest BCUT2D eigenvalue weighted by molar-refractivity contribution is 0.381. The van der Waals surface area contributed by atoms with E-state index in [1.165, 1.54) is 12.2 Å². The van der Waals surface area contributed by atoms with Gasteiger partial charge in [-0.1, -0.05) is 0 Å². The summed E-state index contributed by atoms with van der Waals surface area (Å²) in [4.78, 5) is 19.8. The minimum atomic E-state index is -2.24. The summed E-state index contributed by atoms with van der Waals surface area (Å²) in [6.45, 7) is 0. The number of benzene rings is 1. The highest BCUT2D eigenvalue weighted by Gasteiger charge is 2.30. The molecule has 0 radical (unpaired) electrons. The maximum absolute atomic E-state index is 15.2. The lowest BCUT2D eigenvalue weighted by Crippen LogP contribution is -2.05. The first-order valence-corrected chi connectivity index (χ1v) is 12.4. The predicted molar refractivity (Wildman–Crippen MR) is 147 cm³/mol. The molecule has 6 heterocycles. The van der Waals surface area contributed by atoms with E-state index in [1.807, 2.05) is 30.3 Å². The number of nitrogens with one attached hydrogen (secondary N) is 2. The minimum absolute atomic E-state index is 0.0119. The summed E-state index contributed by atoms with van der Waals surface area (Å²) < 4.78 is 73.2. The Kier molecular flexibility index (Phi) is 5.63. The zero-order valence-electron chi connectivity index (χ0n) is 20.8. The molecule has 5 aromatic rings. The maximum Gasteiger partial charge on any atom is 0.200 e. The van der Waals surface area contributed by atoms with Crippen LogP contribution >= 0.6 is 0 Å². The van der Waals surface area contributed by atoms with E-state index >= 15 is 8.78 Å². The fraction of sp³-hybridized carbons (Fsp3) is 0. The summed E-state index contributed by atoms with van der Waals surface area (Å²) in [5.41, 5.74) is 3.67. The van der Waals surface area contributed by atoms with E-state index in [4.69, 9.17) is 0 Å². The molecular formula is C31H16F5N5. The van der Waals surface area contributed by atoms with E-state index in [1.54, 1.807) is 42.7 Å². The van der Waals surface area contributed by atoms with Crippen LogP contribution in [0.4, 0.5) is 22.0 Å². The number of fused-ring (bicyclic) bond motifs is 8. The number of nitrogens with zero attached hydrogens (tertiary/aromatic N) is 3. The first-order chi connectivity index (χ1) is 19.9. The van der Waals surface area contributed by atoms with Crippen molar-refractivity contribution in [3.05, 3.63) is 113 Å². The van der Waals surface area contributed by atoms with Crippen LogP contribution in [0.5, 0.6) is 0 Å². The van der Waals surface area contributed by atoms with Crippen LogP contribution in [0.25, 0.3) is 68.6 Å². The molecular weight excluding hydrogens is 537 g/mol. The smallest absolute Gasteiger partial charge is 0.200 e. The maximum atomic E-state index is 15.2. The second-order valence-corrected chi connectivity index (χ2v) is 9.39. The molecule has 2 aliphatic heterocycles. The second kappa shape index (κ2) is 9.37. The van der Waals surface area contributed by atoms with E-state index in [0.29, 0.717) is 28.0 Å². The van der Waals surface area contributed by atoms with Gasteiger partial charge in [-0.15, -0.1) is 0 Å². The van der Waals surface area contributed by atoms with Crippen molar-refractivity contribution in [3.8, 4) is 22.3 Å². The number of rotatable bonds is 2. The molecule has 0 aliphatic carbocycles. The van der Waals surface area contributed by atoms with Crippen LogP contribution in [-0.4, -0.2) is 24.9 Å². The van der Waals surface area contributed by atoms with E-state index in [-0.39, 0.29) is 17.0 Å². The summed E-state index contributed by atoms with van der Waals surface area (Å²) in [5.74, 6) is -10.3. The van der Waals surface area contributed by atoms with Gasteiger partial charge in [0, 0.05) is 45.6 Å². The standard InChI is InChI=1S/C31H16F5N5/c32-27-26(28(33)30(35)31(36)29(27)34)25-22-6-4-19(40-22)14-17-2-1-16(38-17)13-18-3-5-20(39-18)24(15-9-11-37-12-10-15)21-7-8-23(25)41-21/h1-14,38-39H. The van der Waals surface area contributed by atoms with Crippen LogP contribution in [0.1, 0.15) is 22.8 Å². The summed E-state index contributed by atoms with van der Waals surface area (Å²) in [7, 11) is 0. The SMILES string of the molecule is Fc1c(F)c(F)c(-c2c3nc(cc4ccc(cc5ccc([nH]5)c(-c5ccncc5)c5nc2C=C5)[nH]4)C=C3)c(F)c1F. The van der Waals surface area contributed by atoms with Gasteiger partial charge < -0.3 is 9.97 Å². The van der Waals surface area contributed by atoms with Gasteiger partial charge in [0.1, 0.15) is 0 Å². The van der Waals surface area contributed by atoms with Crippen LogP contribution < -0.4 is 0 Å². The molecule has 0 saturated carbocycles. The molecule has 0 saturated heterocycles. The Hall–Kier alpha value is -5.38. The van der Waals surface area contributed by atoms with Gasteiger partial charge in [0.05, 0.1) is 28.3 Å². The van der Waals surface area contributed by atoms with Crippen molar-refractivity contribution in [3.63, 3.8) is 0 Å². The Morgan fingerprint density at radius 1 is 0.488 bits per heavy atom. The van der Waals surface area contributed by atoms with Crippen molar-refractivity contribution >= 4 is 46.4 Å². The summed E-state index contributed by atoms with van der Waals surface area (Å²) in [6.07, 6.45) is 9.34. The minimum Gasteiger partial charge on any atom is -0.355 e. The van der Waals surface area contributed by atoms with Gasteiger partial charge in [0.25, 0.3) is 0 Å². The van der Waals surface area contributed by atoms with Gasteiger partial charge in [0.15, 0.2) is 23.3 Å². The summed E-state index contributed by atoms with van der Waals surface area (Å²) in [6, 6.07) is 14.6. The van der Waals surface area contributed by atoms with Crippen molar-refractivity contribution in [2.24, 2.45) is 0 Å². The molecule has 7 rings (SSSR count). The number of H-pyrrole nitrogens is 2. The first kappa shape index (κ1) is 24.6. The van der Waals surface area contributed by atoms with Crippen LogP contribution in [0.15, 0.2) is 60.9 Å². The molecule has 2 aliphatic rings. The van der Waals surface area contributed by atoms with Crippen molar-refractivity contribution < 1.29 is 22.0 Å². The largest absolute Gasteiger partial charge is 0.355 e. The van der Waals surface area contributed by atoms with Crippen LogP contribution in [0.2, 0.25) is 0 Å². The quantitative estimate of drug-likeness (QED) is 0.129. The van der Waals surface area contributed by atoms with Crippen LogP contribution in [0.3, 0.4) is 0 Å². The van der Waals surface area contributed by atoms with Crippen LogP contribution in [-0.2, 0) is 0 Å². The van der Waals surface area contributed by atoms with Crippen LogP contribution in [0, 0.1) is 29.1 Å². The topological polar surface area (TPSA) is 70.2 Å². The number of hydrogen-bond donors (Lipinski definition) is 2. The number of aromatic amines is 2. The average Bonchev–Trinajstić information content (AvgIpc) is 3.80. The molecule has 41 heavy (non-hydrogen) atoms. The zero-order valence-corrected chi connectivity index (χ0v) is 20.8. The van der Waals surface area contributed by atoms with Crippen molar-refractivity contribution in [2.75, 3.05) is 0 Å². The molecule has 0 fully saturated rings. The van der Waals surface area contributed by atoms with Gasteiger partial charge in [0.2, 0.25) is 5.82 Å². The molecule has 2 N–H and O–H groups in total. The molecule has 0 unspecified atom stereocenters. The Bertz CT molecular complexity index is 2080. The molecule has 8 bridgehead atoms. The van der Waals surface area contributed by atoms with Gasteiger partial charge >= 0.3 is 0 Å². The molecule has 4 aromatic heterocycles. The lowest BCUT2D eigenvalue weighted by Gasteiger charge is -2.10. The number of halogens is 5. The van der Waals surface area contributed by atoms with Crippen molar-refractivity contribution in [1.29, 1.82) is 0 Å². The van der Waals surface area contributed by atoms with Gasteiger partial charge in [-0.2, -0.15) is 0 Å². The highest BCUT2D eigenvalue weighted by Crippen LogP contribution is 2.38. The van der Waals surface area contributed by atoms with Crippen molar-refractivity contribution in [1.82, 2.24) is 24.9 Å². The van der Waals surface area contributed by atoms with E-state index in [2.05, 4.69) is 24.9 Å². The van der Waals surface area contributed by atoms with E-state index < -0.39 is 34.6 Å². The first-order valence-electron chi connectivity index (χ1n) is 12.4. The summed E-state index contributed by atoms with van der Waals surface area (Å²) >= 11 is 0. The third-order valence-electron chi connectivity index (χ3n) is 6.82. The van der Waals surface area contributed by atoms with Gasteiger partial charge in [-0.05, 0) is 78.4 Å². The van der Waals surface area contributed by atoms with Gasteiger partial charge in [-0.25, -0.2) is 31.9 Å². The molecule has 10 heteroatoms. The Balaban J connectivity index is 1.67. The fourth-order valence-corrected chi connectivity index (χ4v) is 4.98. The van der Waals surface area contributed by atoms with Crippen molar-refractivity contribution in [2.45, 2.75) is 0 Å². The molecule has 1 aromatic carbocycles. The number of pyridine rings is 1.